The Morgan fingerprint density at radius 1 is 1.09 bits per heavy atom. The van der Waals surface area contributed by atoms with Crippen molar-refractivity contribution >= 4 is 17.5 Å². The molecule has 0 aliphatic carbocycles. The summed E-state index contributed by atoms with van der Waals surface area (Å²) in [5, 5.41) is 3.81. The summed E-state index contributed by atoms with van der Waals surface area (Å²) in [4.78, 5) is 19.6. The SMILES string of the molecule is Cc1ccc(CCNC(=O)C2CCN(Cc3nc(-c4ccc(Cl)cc4)oc3C)CC2)cc1. The van der Waals surface area contributed by atoms with Gasteiger partial charge >= 0.3 is 0 Å². The fourth-order valence-electron chi connectivity index (χ4n) is 4.08. The predicted molar refractivity (Wildman–Crippen MR) is 128 cm³/mol. The summed E-state index contributed by atoms with van der Waals surface area (Å²) in [5.41, 5.74) is 4.39. The number of aryl methyl sites for hydroxylation is 2. The highest BCUT2D eigenvalue weighted by Crippen LogP contribution is 2.25. The Bertz CT molecular complexity index is 1040. The molecule has 1 aliphatic rings. The van der Waals surface area contributed by atoms with E-state index in [0.29, 0.717) is 17.5 Å². The molecule has 32 heavy (non-hydrogen) atoms. The third-order valence-corrected chi connectivity index (χ3v) is 6.40. The van der Waals surface area contributed by atoms with Gasteiger partial charge in [-0.3, -0.25) is 9.69 Å². The van der Waals surface area contributed by atoms with E-state index >= 15 is 0 Å². The van der Waals surface area contributed by atoms with Gasteiger partial charge < -0.3 is 9.73 Å². The zero-order valence-electron chi connectivity index (χ0n) is 18.7. The van der Waals surface area contributed by atoms with Gasteiger partial charge in [-0.15, -0.1) is 0 Å². The van der Waals surface area contributed by atoms with Crippen LogP contribution in [0.3, 0.4) is 0 Å². The van der Waals surface area contributed by atoms with Crippen LogP contribution in [0, 0.1) is 19.8 Å². The molecule has 1 amide bonds. The molecule has 0 unspecified atom stereocenters. The smallest absolute Gasteiger partial charge is 0.226 e. The summed E-state index contributed by atoms with van der Waals surface area (Å²) in [5.74, 6) is 1.73. The summed E-state index contributed by atoms with van der Waals surface area (Å²) in [6, 6.07) is 16.0. The van der Waals surface area contributed by atoms with Crippen molar-refractivity contribution in [3.8, 4) is 11.5 Å². The predicted octanol–water partition coefficient (Wildman–Crippen LogP) is 5.18. The number of halogens is 1. The van der Waals surface area contributed by atoms with Gasteiger partial charge in [-0.05, 0) is 76.0 Å². The van der Waals surface area contributed by atoms with Gasteiger partial charge in [0.2, 0.25) is 11.8 Å². The number of amides is 1. The van der Waals surface area contributed by atoms with Crippen molar-refractivity contribution in [2.24, 2.45) is 5.92 Å². The lowest BCUT2D eigenvalue weighted by Crippen LogP contribution is -2.40. The Kier molecular flexibility index (Phi) is 7.28. The second kappa shape index (κ2) is 10.3. The largest absolute Gasteiger partial charge is 0.441 e. The van der Waals surface area contributed by atoms with E-state index in [0.717, 1.165) is 55.9 Å². The molecular formula is C26H30ClN3O2. The molecular weight excluding hydrogens is 422 g/mol. The minimum Gasteiger partial charge on any atom is -0.441 e. The number of hydrogen-bond donors (Lipinski definition) is 1. The van der Waals surface area contributed by atoms with Gasteiger partial charge in [-0.25, -0.2) is 4.98 Å². The second-order valence-corrected chi connectivity index (χ2v) is 9.04. The third-order valence-electron chi connectivity index (χ3n) is 6.15. The van der Waals surface area contributed by atoms with E-state index in [1.165, 1.54) is 11.1 Å². The third kappa shape index (κ3) is 5.78. The van der Waals surface area contributed by atoms with Gasteiger partial charge in [0.15, 0.2) is 0 Å². The minimum atomic E-state index is 0.0901. The van der Waals surface area contributed by atoms with Gasteiger partial charge in [0, 0.05) is 29.6 Å². The Morgan fingerprint density at radius 2 is 1.78 bits per heavy atom. The van der Waals surface area contributed by atoms with Crippen LogP contribution in [0.15, 0.2) is 52.9 Å². The Morgan fingerprint density at radius 3 is 2.47 bits per heavy atom. The molecule has 1 N–H and O–H groups in total. The lowest BCUT2D eigenvalue weighted by molar-refractivity contribution is -0.126. The van der Waals surface area contributed by atoms with Crippen molar-refractivity contribution in [2.45, 2.75) is 39.7 Å². The molecule has 168 valence electrons. The zero-order valence-corrected chi connectivity index (χ0v) is 19.5. The monoisotopic (exact) mass is 451 g/mol. The fourth-order valence-corrected chi connectivity index (χ4v) is 4.21. The zero-order chi connectivity index (χ0) is 22.5. The highest BCUT2D eigenvalue weighted by atomic mass is 35.5. The normalized spacial score (nSPS) is 15.1. The maximum absolute atomic E-state index is 12.6. The van der Waals surface area contributed by atoms with E-state index < -0.39 is 0 Å². The fraction of sp³-hybridized carbons (Fsp3) is 0.385. The van der Waals surface area contributed by atoms with Gasteiger partial charge in [0.1, 0.15) is 5.76 Å². The highest BCUT2D eigenvalue weighted by Gasteiger charge is 2.26. The summed E-state index contributed by atoms with van der Waals surface area (Å²) in [7, 11) is 0. The average molecular weight is 452 g/mol. The van der Waals surface area contributed by atoms with Crippen LogP contribution in [0.1, 0.15) is 35.4 Å². The number of benzene rings is 2. The highest BCUT2D eigenvalue weighted by molar-refractivity contribution is 6.30. The molecule has 1 fully saturated rings. The van der Waals surface area contributed by atoms with E-state index in [1.807, 2.05) is 31.2 Å². The first-order valence-electron chi connectivity index (χ1n) is 11.3. The quantitative estimate of drug-likeness (QED) is 0.537. The Labute approximate surface area is 194 Å². The van der Waals surface area contributed by atoms with E-state index in [-0.39, 0.29) is 11.8 Å². The van der Waals surface area contributed by atoms with Crippen molar-refractivity contribution in [3.05, 3.63) is 76.1 Å². The minimum absolute atomic E-state index is 0.0901. The number of piperidine rings is 1. The number of nitrogens with one attached hydrogen (secondary N) is 1. The Hall–Kier alpha value is -2.63. The molecule has 6 heteroatoms. The van der Waals surface area contributed by atoms with Crippen molar-refractivity contribution in [1.82, 2.24) is 15.2 Å². The summed E-state index contributed by atoms with van der Waals surface area (Å²) >= 11 is 5.97. The van der Waals surface area contributed by atoms with Crippen LogP contribution in [-0.2, 0) is 17.8 Å². The molecule has 0 radical (unpaired) electrons. The summed E-state index contributed by atoms with van der Waals surface area (Å²) in [6.45, 7) is 7.24. The molecule has 4 rings (SSSR count). The van der Waals surface area contributed by atoms with Gasteiger partial charge in [0.05, 0.1) is 5.69 Å². The molecule has 0 bridgehead atoms. The average Bonchev–Trinajstić information content (AvgIpc) is 3.16. The van der Waals surface area contributed by atoms with E-state index in [4.69, 9.17) is 21.0 Å². The molecule has 1 aliphatic heterocycles. The molecule has 3 aromatic rings. The number of oxazole rings is 1. The van der Waals surface area contributed by atoms with Crippen LogP contribution in [0.2, 0.25) is 5.02 Å². The first-order chi connectivity index (χ1) is 15.5. The van der Waals surface area contributed by atoms with Crippen molar-refractivity contribution < 1.29 is 9.21 Å². The van der Waals surface area contributed by atoms with Crippen LogP contribution >= 0.6 is 11.6 Å². The van der Waals surface area contributed by atoms with Crippen LogP contribution < -0.4 is 5.32 Å². The molecule has 1 saturated heterocycles. The van der Waals surface area contributed by atoms with Crippen LogP contribution in [0.5, 0.6) is 0 Å². The van der Waals surface area contributed by atoms with Crippen molar-refractivity contribution in [1.29, 1.82) is 0 Å². The first-order valence-corrected chi connectivity index (χ1v) is 11.6. The first kappa shape index (κ1) is 22.6. The van der Waals surface area contributed by atoms with Gasteiger partial charge in [-0.2, -0.15) is 0 Å². The maximum atomic E-state index is 12.6. The van der Waals surface area contributed by atoms with Gasteiger partial charge in [-0.1, -0.05) is 41.4 Å². The van der Waals surface area contributed by atoms with Crippen LogP contribution in [0.25, 0.3) is 11.5 Å². The van der Waals surface area contributed by atoms with Crippen LogP contribution in [0.4, 0.5) is 0 Å². The van der Waals surface area contributed by atoms with E-state index in [9.17, 15) is 4.79 Å². The molecule has 2 heterocycles. The lowest BCUT2D eigenvalue weighted by Gasteiger charge is -2.30. The number of likely N-dealkylation sites (tertiary alicyclic amines) is 1. The molecule has 1 aromatic heterocycles. The van der Waals surface area contributed by atoms with E-state index in [1.54, 1.807) is 0 Å². The van der Waals surface area contributed by atoms with Crippen LogP contribution in [-0.4, -0.2) is 35.4 Å². The topological polar surface area (TPSA) is 58.4 Å². The number of aromatic nitrogens is 1. The van der Waals surface area contributed by atoms with E-state index in [2.05, 4.69) is 41.4 Å². The molecule has 2 aromatic carbocycles. The molecule has 0 spiro atoms. The summed E-state index contributed by atoms with van der Waals surface area (Å²) in [6.07, 6.45) is 2.61. The second-order valence-electron chi connectivity index (χ2n) is 8.61. The summed E-state index contributed by atoms with van der Waals surface area (Å²) < 4.78 is 5.88. The standard InChI is InChI=1S/C26H30ClN3O2/c1-18-3-5-20(6-4-18)11-14-28-25(31)21-12-15-30(16-13-21)17-24-19(2)32-26(29-24)22-7-9-23(27)10-8-22/h3-10,21H,11-17H2,1-2H3,(H,28,31). The number of rotatable bonds is 7. The van der Waals surface area contributed by atoms with Crippen molar-refractivity contribution in [3.63, 3.8) is 0 Å². The number of carbonyl (C=O) groups excluding carboxylic acids is 1. The van der Waals surface area contributed by atoms with Gasteiger partial charge in [0.25, 0.3) is 0 Å². The van der Waals surface area contributed by atoms with Crippen molar-refractivity contribution in [2.75, 3.05) is 19.6 Å². The molecule has 0 saturated carbocycles. The number of nitrogens with zero attached hydrogens (tertiary/aromatic N) is 2. The Balaban J connectivity index is 1.23. The number of hydrogen-bond acceptors (Lipinski definition) is 4. The maximum Gasteiger partial charge on any atom is 0.226 e. The number of carbonyl (C=O) groups is 1. The molecule has 0 atom stereocenters. The molecule has 5 nitrogen and oxygen atoms in total. The lowest BCUT2D eigenvalue weighted by atomic mass is 9.95.